The molecule has 0 bridgehead atoms. The molecule has 0 saturated carbocycles. The van der Waals surface area contributed by atoms with Crippen molar-refractivity contribution in [2.75, 3.05) is 6.54 Å². The predicted molar refractivity (Wildman–Crippen MR) is 148 cm³/mol. The van der Waals surface area contributed by atoms with Gasteiger partial charge in [-0.2, -0.15) is 0 Å². The highest BCUT2D eigenvalue weighted by Gasteiger charge is 2.25. The molecule has 0 aliphatic heterocycles. The van der Waals surface area contributed by atoms with Gasteiger partial charge in [-0.3, -0.25) is 14.7 Å². The Balaban J connectivity index is 1.58. The number of rotatable bonds is 9. The highest BCUT2D eigenvalue weighted by Crippen LogP contribution is 2.39. The van der Waals surface area contributed by atoms with Crippen LogP contribution in [0.2, 0.25) is 15.1 Å². The van der Waals surface area contributed by atoms with E-state index in [2.05, 4.69) is 16.3 Å². The van der Waals surface area contributed by atoms with Crippen molar-refractivity contribution >= 4 is 46.6 Å². The van der Waals surface area contributed by atoms with Crippen molar-refractivity contribution in [3.63, 3.8) is 0 Å². The van der Waals surface area contributed by atoms with E-state index in [0.29, 0.717) is 37.4 Å². The average Bonchev–Trinajstić information content (AvgIpc) is 3.21. The number of aromatic nitrogens is 3. The predicted octanol–water partition coefficient (Wildman–Crippen LogP) is 7.84. The average molecular weight is 578 g/mol. The summed E-state index contributed by atoms with van der Waals surface area (Å²) < 4.78 is 7.76. The second kappa shape index (κ2) is 11.7. The third-order valence-electron chi connectivity index (χ3n) is 5.81. The summed E-state index contributed by atoms with van der Waals surface area (Å²) in [6, 6.07) is 16.5. The normalized spacial score (nSPS) is 11.9. The molecule has 3 aromatic carbocycles. The minimum atomic E-state index is -0.550. The quantitative estimate of drug-likeness (QED) is 0.114. The molecular weight excluding hydrogens is 555 g/mol. The van der Waals surface area contributed by atoms with Gasteiger partial charge in [-0.1, -0.05) is 64.8 Å². The lowest BCUT2D eigenvalue weighted by atomic mass is 10.1. The van der Waals surface area contributed by atoms with Gasteiger partial charge in [0.25, 0.3) is 0 Å². The Bertz CT molecular complexity index is 1460. The molecule has 192 valence electrons. The van der Waals surface area contributed by atoms with Crippen molar-refractivity contribution in [1.29, 1.82) is 0 Å². The lowest BCUT2D eigenvalue weighted by Crippen LogP contribution is -2.11. The molecule has 0 aliphatic carbocycles. The van der Waals surface area contributed by atoms with Gasteiger partial charge in [-0.05, 0) is 79.4 Å². The van der Waals surface area contributed by atoms with Crippen LogP contribution in [0, 0.1) is 30.9 Å². The fraction of sp³-hybridized carbons (Fsp3) is 0.231. The maximum Gasteiger partial charge on any atom is 0.220 e. The van der Waals surface area contributed by atoms with Crippen LogP contribution >= 0.6 is 46.6 Å². The molecule has 0 spiro atoms. The lowest BCUT2D eigenvalue weighted by Gasteiger charge is -2.16. The molecular formula is C26H23Cl3N4O3S. The van der Waals surface area contributed by atoms with Gasteiger partial charge in [0.15, 0.2) is 5.16 Å². The van der Waals surface area contributed by atoms with Crippen molar-refractivity contribution in [2.24, 2.45) is 0 Å². The summed E-state index contributed by atoms with van der Waals surface area (Å²) in [7, 11) is 0. The molecule has 1 aromatic heterocycles. The van der Waals surface area contributed by atoms with Gasteiger partial charge < -0.3 is 4.74 Å². The molecule has 37 heavy (non-hydrogen) atoms. The summed E-state index contributed by atoms with van der Waals surface area (Å²) in [5.41, 5.74) is 4.72. The van der Waals surface area contributed by atoms with Gasteiger partial charge in [-0.15, -0.1) is 10.2 Å². The Labute approximate surface area is 233 Å². The SMILES string of the molecule is Cc1ccc(-n2c(C)nnc2S[C@@H](C[N+](=O)[O-])c2ccc(OCc3ccc(Cl)c(Cl)c3)c(Cl)c2)cc1C. The number of hydrogen-bond acceptors (Lipinski definition) is 6. The number of ether oxygens (including phenoxy) is 1. The van der Waals surface area contributed by atoms with E-state index in [1.165, 1.54) is 17.3 Å². The van der Waals surface area contributed by atoms with Crippen molar-refractivity contribution in [3.8, 4) is 11.4 Å². The Morgan fingerprint density at radius 2 is 1.73 bits per heavy atom. The zero-order chi connectivity index (χ0) is 26.7. The molecule has 1 heterocycles. The van der Waals surface area contributed by atoms with E-state index < -0.39 is 5.25 Å². The zero-order valence-electron chi connectivity index (χ0n) is 20.2. The van der Waals surface area contributed by atoms with Gasteiger partial charge in [0, 0.05) is 10.6 Å². The molecule has 0 N–H and O–H groups in total. The number of halogens is 3. The van der Waals surface area contributed by atoms with Crippen molar-refractivity contribution < 1.29 is 9.66 Å². The van der Waals surface area contributed by atoms with Crippen LogP contribution in [-0.4, -0.2) is 26.2 Å². The zero-order valence-corrected chi connectivity index (χ0v) is 23.3. The molecule has 0 unspecified atom stereocenters. The van der Waals surface area contributed by atoms with Gasteiger partial charge >= 0.3 is 0 Å². The number of hydrogen-bond donors (Lipinski definition) is 0. The Hall–Kier alpha value is -2.78. The highest BCUT2D eigenvalue weighted by molar-refractivity contribution is 7.99. The summed E-state index contributed by atoms with van der Waals surface area (Å²) >= 11 is 19.8. The van der Waals surface area contributed by atoms with Crippen molar-refractivity contribution in [2.45, 2.75) is 37.8 Å². The van der Waals surface area contributed by atoms with E-state index >= 15 is 0 Å². The van der Waals surface area contributed by atoms with Gasteiger partial charge in [-0.25, -0.2) is 0 Å². The monoisotopic (exact) mass is 576 g/mol. The van der Waals surface area contributed by atoms with Crippen molar-refractivity contribution in [1.82, 2.24) is 14.8 Å². The number of benzene rings is 3. The van der Waals surface area contributed by atoms with Crippen LogP contribution in [0.1, 0.15) is 33.3 Å². The first kappa shape index (κ1) is 27.3. The maximum absolute atomic E-state index is 11.5. The van der Waals surface area contributed by atoms with Gasteiger partial charge in [0.05, 0.1) is 15.1 Å². The Kier molecular flexibility index (Phi) is 8.64. The van der Waals surface area contributed by atoms with Gasteiger partial charge in [0.2, 0.25) is 6.54 Å². The van der Waals surface area contributed by atoms with E-state index in [1.807, 2.05) is 43.5 Å². The maximum atomic E-state index is 11.5. The van der Waals surface area contributed by atoms with Crippen LogP contribution in [0.15, 0.2) is 59.8 Å². The summed E-state index contributed by atoms with van der Waals surface area (Å²) in [6.45, 7) is 5.85. The standard InChI is InChI=1S/C26H23Cl3N4O3S/c1-15-4-7-20(10-16(15)2)33-17(3)30-31-26(33)37-25(13-32(34)35)19-6-9-24(23(29)12-19)36-14-18-5-8-21(27)22(28)11-18/h4-12,25H,13-14H2,1-3H3/t25-/m0/s1. The topological polar surface area (TPSA) is 83.1 Å². The van der Waals surface area contributed by atoms with E-state index in [-0.39, 0.29) is 18.1 Å². The fourth-order valence-electron chi connectivity index (χ4n) is 3.68. The van der Waals surface area contributed by atoms with Crippen LogP contribution in [0.5, 0.6) is 5.75 Å². The van der Waals surface area contributed by atoms with Crippen molar-refractivity contribution in [3.05, 3.63) is 108 Å². The lowest BCUT2D eigenvalue weighted by molar-refractivity contribution is -0.479. The molecule has 0 saturated heterocycles. The third kappa shape index (κ3) is 6.57. The highest BCUT2D eigenvalue weighted by atomic mass is 35.5. The van der Waals surface area contributed by atoms with Crippen LogP contribution in [0.25, 0.3) is 5.69 Å². The molecule has 0 fully saturated rings. The largest absolute Gasteiger partial charge is 0.487 e. The molecule has 11 heteroatoms. The smallest absolute Gasteiger partial charge is 0.220 e. The molecule has 4 aromatic rings. The molecule has 0 aliphatic rings. The first-order chi connectivity index (χ1) is 17.6. The summed E-state index contributed by atoms with van der Waals surface area (Å²) in [5.74, 6) is 1.14. The van der Waals surface area contributed by atoms with Crippen LogP contribution in [0.4, 0.5) is 0 Å². The number of nitrogens with zero attached hydrogens (tertiary/aromatic N) is 4. The first-order valence-corrected chi connectivity index (χ1v) is 13.3. The fourth-order valence-corrected chi connectivity index (χ4v) is 5.41. The van der Waals surface area contributed by atoms with Crippen LogP contribution < -0.4 is 4.74 Å². The molecule has 4 rings (SSSR count). The molecule has 1 atom stereocenters. The number of aryl methyl sites for hydroxylation is 3. The Morgan fingerprint density at radius 3 is 2.41 bits per heavy atom. The van der Waals surface area contributed by atoms with E-state index in [4.69, 9.17) is 39.5 Å². The second-order valence-corrected chi connectivity index (χ2v) is 10.9. The van der Waals surface area contributed by atoms with E-state index in [0.717, 1.165) is 16.8 Å². The third-order valence-corrected chi connectivity index (χ3v) is 8.03. The molecule has 0 radical (unpaired) electrons. The number of thioether (sulfide) groups is 1. The minimum Gasteiger partial charge on any atom is -0.487 e. The van der Waals surface area contributed by atoms with Crippen LogP contribution in [-0.2, 0) is 6.61 Å². The summed E-state index contributed by atoms with van der Waals surface area (Å²) in [5, 5.41) is 21.3. The first-order valence-electron chi connectivity index (χ1n) is 11.3. The summed E-state index contributed by atoms with van der Waals surface area (Å²) in [4.78, 5) is 11.2. The Morgan fingerprint density at radius 1 is 0.946 bits per heavy atom. The second-order valence-electron chi connectivity index (χ2n) is 8.48. The van der Waals surface area contributed by atoms with E-state index in [9.17, 15) is 10.1 Å². The molecule has 7 nitrogen and oxygen atoms in total. The number of nitro groups is 1. The van der Waals surface area contributed by atoms with E-state index in [1.54, 1.807) is 30.3 Å². The van der Waals surface area contributed by atoms with Crippen LogP contribution in [0.3, 0.4) is 0 Å². The molecule has 0 amide bonds. The minimum absolute atomic E-state index is 0.237. The van der Waals surface area contributed by atoms with Gasteiger partial charge in [0.1, 0.15) is 23.4 Å². The summed E-state index contributed by atoms with van der Waals surface area (Å²) in [6.07, 6.45) is 0.